The van der Waals surface area contributed by atoms with Gasteiger partial charge in [-0.1, -0.05) is 6.07 Å². The van der Waals surface area contributed by atoms with Crippen LogP contribution in [-0.4, -0.2) is 44.3 Å². The van der Waals surface area contributed by atoms with Gasteiger partial charge in [0.25, 0.3) is 0 Å². The predicted octanol–water partition coefficient (Wildman–Crippen LogP) is 2.73. The molecular formula is C16H26N2OS. The maximum Gasteiger partial charge on any atom is 0.0546 e. The second-order valence-electron chi connectivity index (χ2n) is 6.40. The first-order valence-corrected chi connectivity index (χ1v) is 8.68. The quantitative estimate of drug-likeness (QED) is 0.837. The average Bonchev–Trinajstić information content (AvgIpc) is 3.18. The van der Waals surface area contributed by atoms with Gasteiger partial charge in [-0.2, -0.15) is 0 Å². The highest BCUT2D eigenvalue weighted by atomic mass is 32.1. The third kappa shape index (κ3) is 3.61. The van der Waals surface area contributed by atoms with Crippen LogP contribution in [0.4, 0.5) is 0 Å². The summed E-state index contributed by atoms with van der Waals surface area (Å²) in [6.45, 7) is 5.23. The fourth-order valence-corrected chi connectivity index (χ4v) is 4.12. The van der Waals surface area contributed by atoms with Gasteiger partial charge in [-0.25, -0.2) is 0 Å². The maximum atomic E-state index is 5.81. The van der Waals surface area contributed by atoms with Gasteiger partial charge in [0.2, 0.25) is 0 Å². The van der Waals surface area contributed by atoms with E-state index in [-0.39, 0.29) is 0 Å². The van der Waals surface area contributed by atoms with Crippen molar-refractivity contribution >= 4 is 11.3 Å². The normalized spacial score (nSPS) is 27.1. The van der Waals surface area contributed by atoms with Crippen LogP contribution in [0.1, 0.15) is 30.6 Å². The molecule has 4 heteroatoms. The van der Waals surface area contributed by atoms with Crippen LogP contribution in [0, 0.1) is 5.41 Å². The molecule has 1 aliphatic heterocycles. The molecular weight excluding hydrogens is 268 g/mol. The predicted molar refractivity (Wildman–Crippen MR) is 84.2 cm³/mol. The molecule has 0 aromatic carbocycles. The van der Waals surface area contributed by atoms with Crippen molar-refractivity contribution in [2.24, 2.45) is 5.41 Å². The number of nitrogens with zero attached hydrogens (tertiary/aromatic N) is 1. The van der Waals surface area contributed by atoms with Crippen molar-refractivity contribution in [3.63, 3.8) is 0 Å². The number of rotatable bonds is 7. The molecule has 1 saturated carbocycles. The summed E-state index contributed by atoms with van der Waals surface area (Å²) in [5.41, 5.74) is 0.312. The molecule has 0 bridgehead atoms. The minimum atomic E-state index is 0.312. The van der Waals surface area contributed by atoms with Crippen molar-refractivity contribution in [3.05, 3.63) is 22.4 Å². The lowest BCUT2D eigenvalue weighted by Gasteiger charge is -2.41. The summed E-state index contributed by atoms with van der Waals surface area (Å²) in [5, 5.41) is 5.59. The molecule has 3 rings (SSSR count). The molecule has 2 aliphatic rings. The van der Waals surface area contributed by atoms with Crippen molar-refractivity contribution in [2.45, 2.75) is 38.3 Å². The third-order valence-electron chi connectivity index (χ3n) is 4.50. The van der Waals surface area contributed by atoms with Gasteiger partial charge in [-0.15, -0.1) is 11.3 Å². The Bertz CT molecular complexity index is 391. The molecule has 1 aromatic heterocycles. The summed E-state index contributed by atoms with van der Waals surface area (Å²) in [4.78, 5) is 4.20. The van der Waals surface area contributed by atoms with Crippen molar-refractivity contribution in [2.75, 3.05) is 33.4 Å². The maximum absolute atomic E-state index is 5.81. The van der Waals surface area contributed by atoms with Crippen LogP contribution in [0.3, 0.4) is 0 Å². The lowest BCUT2D eigenvalue weighted by atomic mass is 9.81. The second-order valence-corrected chi connectivity index (χ2v) is 7.43. The molecule has 3 nitrogen and oxygen atoms in total. The Kier molecular flexibility index (Phi) is 4.76. The van der Waals surface area contributed by atoms with Crippen LogP contribution in [-0.2, 0) is 11.3 Å². The molecule has 1 aromatic rings. The van der Waals surface area contributed by atoms with Crippen LogP contribution in [0.25, 0.3) is 0 Å². The number of ether oxygens (including phenoxy) is 1. The highest BCUT2D eigenvalue weighted by Gasteiger charge is 2.38. The first kappa shape index (κ1) is 14.5. The van der Waals surface area contributed by atoms with Crippen molar-refractivity contribution < 1.29 is 4.74 Å². The van der Waals surface area contributed by atoms with Gasteiger partial charge in [0.1, 0.15) is 0 Å². The first-order valence-electron chi connectivity index (χ1n) is 7.80. The lowest BCUT2D eigenvalue weighted by Crippen LogP contribution is -2.48. The molecule has 0 amide bonds. The van der Waals surface area contributed by atoms with E-state index in [0.29, 0.717) is 5.41 Å². The van der Waals surface area contributed by atoms with E-state index in [9.17, 15) is 0 Å². The van der Waals surface area contributed by atoms with E-state index in [0.717, 1.165) is 32.3 Å². The SMILES string of the molecule is CNCC1(CN(Cc2cccs2)C2CC2)CCCOC1. The minimum absolute atomic E-state index is 0.312. The van der Waals surface area contributed by atoms with Crippen LogP contribution in [0.15, 0.2) is 17.5 Å². The van der Waals surface area contributed by atoms with E-state index in [1.54, 1.807) is 0 Å². The summed E-state index contributed by atoms with van der Waals surface area (Å²) in [7, 11) is 2.07. The molecule has 1 saturated heterocycles. The Hall–Kier alpha value is -0.420. The molecule has 0 spiro atoms. The Morgan fingerprint density at radius 3 is 3.00 bits per heavy atom. The Morgan fingerprint density at radius 1 is 1.50 bits per heavy atom. The standard InChI is InChI=1S/C16H26N2OS/c1-17-11-16(7-3-8-19-13-16)12-18(14-5-6-14)10-15-4-2-9-20-15/h2,4,9,14,17H,3,5-8,10-13H2,1H3. The van der Waals surface area contributed by atoms with Crippen LogP contribution in [0.2, 0.25) is 0 Å². The number of nitrogens with one attached hydrogen (secondary N) is 1. The zero-order valence-corrected chi connectivity index (χ0v) is 13.3. The summed E-state index contributed by atoms with van der Waals surface area (Å²) in [6.07, 6.45) is 5.25. The van der Waals surface area contributed by atoms with Crippen molar-refractivity contribution in [1.29, 1.82) is 0 Å². The van der Waals surface area contributed by atoms with E-state index in [4.69, 9.17) is 4.74 Å². The van der Waals surface area contributed by atoms with Crippen LogP contribution >= 0.6 is 11.3 Å². The number of hydrogen-bond donors (Lipinski definition) is 1. The Morgan fingerprint density at radius 2 is 2.40 bits per heavy atom. The van der Waals surface area contributed by atoms with Crippen LogP contribution in [0.5, 0.6) is 0 Å². The van der Waals surface area contributed by atoms with Crippen molar-refractivity contribution in [3.8, 4) is 0 Å². The van der Waals surface area contributed by atoms with Gasteiger partial charge < -0.3 is 10.1 Å². The molecule has 1 aliphatic carbocycles. The second kappa shape index (κ2) is 6.56. The van der Waals surface area contributed by atoms with E-state index >= 15 is 0 Å². The van der Waals surface area contributed by atoms with Gasteiger partial charge in [0.05, 0.1) is 6.61 Å². The highest BCUT2D eigenvalue weighted by Crippen LogP contribution is 2.35. The summed E-state index contributed by atoms with van der Waals surface area (Å²) in [5.74, 6) is 0. The third-order valence-corrected chi connectivity index (χ3v) is 5.36. The van der Waals surface area contributed by atoms with Crippen LogP contribution < -0.4 is 5.32 Å². The van der Waals surface area contributed by atoms with Gasteiger partial charge in [-0.3, -0.25) is 4.90 Å². The van der Waals surface area contributed by atoms with E-state index < -0.39 is 0 Å². The molecule has 1 atom stereocenters. The van der Waals surface area contributed by atoms with E-state index in [2.05, 4.69) is 34.8 Å². The zero-order valence-electron chi connectivity index (χ0n) is 12.4. The molecule has 2 heterocycles. The molecule has 0 radical (unpaired) electrons. The number of thiophene rings is 1. The largest absolute Gasteiger partial charge is 0.381 e. The topological polar surface area (TPSA) is 24.5 Å². The summed E-state index contributed by atoms with van der Waals surface area (Å²) in [6, 6.07) is 5.24. The first-order chi connectivity index (χ1) is 9.81. The summed E-state index contributed by atoms with van der Waals surface area (Å²) < 4.78 is 5.81. The highest BCUT2D eigenvalue weighted by molar-refractivity contribution is 7.09. The van der Waals surface area contributed by atoms with Gasteiger partial charge in [0.15, 0.2) is 0 Å². The van der Waals surface area contributed by atoms with E-state index in [1.807, 2.05) is 11.3 Å². The Balaban J connectivity index is 1.67. The van der Waals surface area contributed by atoms with E-state index in [1.165, 1.54) is 37.1 Å². The molecule has 1 unspecified atom stereocenters. The van der Waals surface area contributed by atoms with Gasteiger partial charge in [0, 0.05) is 42.6 Å². The molecule has 20 heavy (non-hydrogen) atoms. The monoisotopic (exact) mass is 294 g/mol. The lowest BCUT2D eigenvalue weighted by molar-refractivity contribution is -0.0279. The molecule has 2 fully saturated rings. The fourth-order valence-electron chi connectivity index (χ4n) is 3.39. The van der Waals surface area contributed by atoms with Gasteiger partial charge in [-0.05, 0) is 44.2 Å². The number of hydrogen-bond acceptors (Lipinski definition) is 4. The zero-order chi connectivity index (χ0) is 13.8. The average molecular weight is 294 g/mol. The smallest absolute Gasteiger partial charge is 0.0546 e. The van der Waals surface area contributed by atoms with Gasteiger partial charge >= 0.3 is 0 Å². The fraction of sp³-hybridized carbons (Fsp3) is 0.750. The molecule has 1 N–H and O–H groups in total. The molecule has 112 valence electrons. The Labute approximate surface area is 126 Å². The van der Waals surface area contributed by atoms with Crippen molar-refractivity contribution in [1.82, 2.24) is 10.2 Å². The minimum Gasteiger partial charge on any atom is -0.381 e. The summed E-state index contributed by atoms with van der Waals surface area (Å²) >= 11 is 1.88.